The van der Waals surface area contributed by atoms with E-state index >= 15 is 0 Å². The van der Waals surface area contributed by atoms with Gasteiger partial charge in [-0.15, -0.1) is 0 Å². The molecule has 0 saturated carbocycles. The number of benzene rings is 2. The lowest BCUT2D eigenvalue weighted by Crippen LogP contribution is -2.29. The summed E-state index contributed by atoms with van der Waals surface area (Å²) < 4.78 is 11.2. The molecule has 188 valence electrons. The van der Waals surface area contributed by atoms with Gasteiger partial charge in [-0.3, -0.25) is 9.78 Å². The van der Waals surface area contributed by atoms with Crippen molar-refractivity contribution in [2.45, 2.75) is 12.1 Å². The number of nitrogens with zero attached hydrogens (tertiary/aromatic N) is 2. The van der Waals surface area contributed by atoms with Crippen LogP contribution in [-0.4, -0.2) is 29.7 Å². The molecule has 0 spiro atoms. The zero-order valence-electron chi connectivity index (χ0n) is 19.7. The van der Waals surface area contributed by atoms with E-state index in [-0.39, 0.29) is 24.6 Å². The number of ether oxygens (including phenoxy) is 1. The molecule has 4 aromatic rings. The van der Waals surface area contributed by atoms with E-state index in [9.17, 15) is 4.79 Å². The predicted molar refractivity (Wildman–Crippen MR) is 149 cm³/mol. The number of halogens is 2. The van der Waals surface area contributed by atoms with E-state index in [1.807, 2.05) is 65.6 Å². The Morgan fingerprint density at radius 3 is 2.65 bits per heavy atom. The van der Waals surface area contributed by atoms with Gasteiger partial charge in [-0.05, 0) is 78.9 Å². The molecule has 1 amide bonds. The van der Waals surface area contributed by atoms with Gasteiger partial charge in [-0.2, -0.15) is 0 Å². The summed E-state index contributed by atoms with van der Waals surface area (Å²) >= 11 is 18.4. The monoisotopic (exact) mass is 552 g/mol. The fraction of sp³-hybridized carbons (Fsp3) is 0.148. The number of thiocarbonyl (C=S) groups is 1. The summed E-state index contributed by atoms with van der Waals surface area (Å²) in [7, 11) is 1.46. The third kappa shape index (κ3) is 5.33. The molecule has 2 aromatic heterocycles. The minimum absolute atomic E-state index is 0.0690. The molecule has 1 saturated heterocycles. The zero-order valence-corrected chi connectivity index (χ0v) is 22.0. The highest BCUT2D eigenvalue weighted by atomic mass is 35.5. The van der Waals surface area contributed by atoms with Crippen LogP contribution in [0.4, 0.5) is 11.4 Å². The maximum Gasteiger partial charge on any atom is 0.250 e. The van der Waals surface area contributed by atoms with E-state index in [1.54, 1.807) is 18.3 Å². The minimum atomic E-state index is -0.353. The second-order valence-electron chi connectivity index (χ2n) is 8.35. The molecule has 10 heteroatoms. The van der Waals surface area contributed by atoms with Crippen molar-refractivity contribution in [2.75, 3.05) is 23.9 Å². The Hall–Kier alpha value is -3.43. The van der Waals surface area contributed by atoms with Gasteiger partial charge >= 0.3 is 0 Å². The molecule has 0 radical (unpaired) electrons. The molecule has 2 N–H and O–H groups in total. The molecular formula is C27H22Cl2N4O3S. The Labute approximate surface area is 229 Å². The number of anilines is 2. The average Bonchev–Trinajstić information content (AvgIpc) is 3.51. The summed E-state index contributed by atoms with van der Waals surface area (Å²) in [6.07, 6.45) is 1.75. The maximum absolute atomic E-state index is 12.0. The van der Waals surface area contributed by atoms with Crippen LogP contribution in [-0.2, 0) is 9.53 Å². The molecule has 37 heavy (non-hydrogen) atoms. The molecule has 1 aliphatic rings. The number of carbonyl (C=O) groups is 1. The number of methoxy groups -OCH3 is 1. The summed E-state index contributed by atoms with van der Waals surface area (Å²) in [5.74, 6) is 1.11. The van der Waals surface area contributed by atoms with Gasteiger partial charge in [0.05, 0.1) is 22.4 Å². The zero-order chi connectivity index (χ0) is 25.9. The summed E-state index contributed by atoms with van der Waals surface area (Å²) in [6.45, 7) is -0.0690. The number of rotatable bonds is 7. The van der Waals surface area contributed by atoms with E-state index in [1.165, 1.54) is 7.11 Å². The summed E-state index contributed by atoms with van der Waals surface area (Å²) in [4.78, 5) is 18.5. The molecular weight excluding hydrogens is 531 g/mol. The van der Waals surface area contributed by atoms with Gasteiger partial charge in [-0.1, -0.05) is 29.3 Å². The van der Waals surface area contributed by atoms with Crippen molar-refractivity contribution in [2.24, 2.45) is 0 Å². The van der Waals surface area contributed by atoms with E-state index in [0.29, 0.717) is 32.4 Å². The average molecular weight is 553 g/mol. The quantitative estimate of drug-likeness (QED) is 0.256. The number of carbonyl (C=O) groups excluding carboxylic acids is 1. The highest BCUT2D eigenvalue weighted by Crippen LogP contribution is 2.44. The summed E-state index contributed by atoms with van der Waals surface area (Å²) in [5, 5.41) is 7.66. The fourth-order valence-electron chi connectivity index (χ4n) is 4.28. The Morgan fingerprint density at radius 2 is 1.95 bits per heavy atom. The van der Waals surface area contributed by atoms with Crippen LogP contribution in [0.5, 0.6) is 0 Å². The Morgan fingerprint density at radius 1 is 1.14 bits per heavy atom. The van der Waals surface area contributed by atoms with Gasteiger partial charge in [0, 0.05) is 29.6 Å². The van der Waals surface area contributed by atoms with Crippen molar-refractivity contribution in [3.63, 3.8) is 0 Å². The SMILES string of the molecule is COCC(=O)Nc1ccc(N2C(=S)N[C@H](c3ccccn3)[C@@H]2c2ccc(-c3ccc(Cl)cc3)o2)cc1Cl. The summed E-state index contributed by atoms with van der Waals surface area (Å²) in [5.41, 5.74) is 2.94. The van der Waals surface area contributed by atoms with Crippen LogP contribution >= 0.6 is 35.4 Å². The molecule has 2 atom stereocenters. The Balaban J connectivity index is 1.53. The first-order valence-electron chi connectivity index (χ1n) is 11.4. The van der Waals surface area contributed by atoms with E-state index in [4.69, 9.17) is 44.6 Å². The van der Waals surface area contributed by atoms with E-state index in [2.05, 4.69) is 15.6 Å². The van der Waals surface area contributed by atoms with Gasteiger partial charge in [0.1, 0.15) is 24.2 Å². The fourth-order valence-corrected chi connectivity index (χ4v) is 4.97. The summed E-state index contributed by atoms with van der Waals surface area (Å²) in [6, 6.07) is 21.8. The van der Waals surface area contributed by atoms with Crippen LogP contribution in [0, 0.1) is 0 Å². The van der Waals surface area contributed by atoms with Crippen LogP contribution in [0.2, 0.25) is 10.0 Å². The molecule has 7 nitrogen and oxygen atoms in total. The molecule has 3 heterocycles. The van der Waals surface area contributed by atoms with Crippen LogP contribution in [0.1, 0.15) is 23.5 Å². The second kappa shape index (κ2) is 10.9. The van der Waals surface area contributed by atoms with Crippen LogP contribution in [0.3, 0.4) is 0 Å². The number of furan rings is 1. The van der Waals surface area contributed by atoms with Crippen molar-refractivity contribution in [1.82, 2.24) is 10.3 Å². The van der Waals surface area contributed by atoms with Gasteiger partial charge in [0.25, 0.3) is 0 Å². The van der Waals surface area contributed by atoms with Gasteiger partial charge < -0.3 is 24.7 Å². The Kier molecular flexibility index (Phi) is 7.43. The second-order valence-corrected chi connectivity index (χ2v) is 9.58. The van der Waals surface area contributed by atoms with E-state index in [0.717, 1.165) is 16.9 Å². The topological polar surface area (TPSA) is 79.6 Å². The smallest absolute Gasteiger partial charge is 0.250 e. The number of nitrogens with one attached hydrogen (secondary N) is 2. The predicted octanol–water partition coefficient (Wildman–Crippen LogP) is 6.41. The lowest BCUT2D eigenvalue weighted by atomic mass is 10.0. The molecule has 0 aliphatic carbocycles. The first kappa shape index (κ1) is 25.2. The van der Waals surface area contributed by atoms with Crippen LogP contribution < -0.4 is 15.5 Å². The number of hydrogen-bond acceptors (Lipinski definition) is 5. The third-order valence-corrected chi connectivity index (χ3v) is 6.80. The van der Waals surface area contributed by atoms with Crippen LogP contribution in [0.15, 0.2) is 83.4 Å². The number of pyridine rings is 1. The molecule has 2 aromatic carbocycles. The molecule has 0 bridgehead atoms. The highest BCUT2D eigenvalue weighted by Gasteiger charge is 2.42. The Bertz CT molecular complexity index is 1430. The molecule has 1 fully saturated rings. The largest absolute Gasteiger partial charge is 0.459 e. The molecule has 0 unspecified atom stereocenters. The minimum Gasteiger partial charge on any atom is -0.459 e. The molecule has 1 aliphatic heterocycles. The maximum atomic E-state index is 12.0. The van der Waals surface area contributed by atoms with Gasteiger partial charge in [0.15, 0.2) is 5.11 Å². The number of aromatic nitrogens is 1. The normalized spacial score (nSPS) is 17.1. The lowest BCUT2D eigenvalue weighted by molar-refractivity contribution is -0.119. The third-order valence-electron chi connectivity index (χ3n) is 5.93. The molecule has 5 rings (SSSR count). The highest BCUT2D eigenvalue weighted by molar-refractivity contribution is 7.80. The number of hydrogen-bond donors (Lipinski definition) is 2. The lowest BCUT2D eigenvalue weighted by Gasteiger charge is -2.26. The van der Waals surface area contributed by atoms with Crippen molar-refractivity contribution >= 4 is 57.8 Å². The van der Waals surface area contributed by atoms with Crippen molar-refractivity contribution in [1.29, 1.82) is 0 Å². The first-order chi connectivity index (χ1) is 17.9. The van der Waals surface area contributed by atoms with Gasteiger partial charge in [0.2, 0.25) is 5.91 Å². The van der Waals surface area contributed by atoms with E-state index < -0.39 is 0 Å². The van der Waals surface area contributed by atoms with Crippen molar-refractivity contribution < 1.29 is 13.9 Å². The first-order valence-corrected chi connectivity index (χ1v) is 12.6. The standard InChI is InChI=1S/C27H22Cl2N4O3S/c1-35-15-24(34)31-20-10-9-18(14-19(20)29)33-26(25(32-27(33)37)21-4-2-3-13-30-21)23-12-11-22(36-23)16-5-7-17(28)8-6-16/h2-14,25-26H,15H2,1H3,(H,31,34)(H,32,37)/t25-,26+/m1/s1. The number of amides is 1. The van der Waals surface area contributed by atoms with Crippen molar-refractivity contribution in [3.05, 3.63) is 100 Å². The van der Waals surface area contributed by atoms with Crippen molar-refractivity contribution in [3.8, 4) is 11.3 Å². The van der Waals surface area contributed by atoms with Gasteiger partial charge in [-0.25, -0.2) is 0 Å². The van der Waals surface area contributed by atoms with Crippen LogP contribution in [0.25, 0.3) is 11.3 Å².